The Morgan fingerprint density at radius 3 is 2.74 bits per heavy atom. The smallest absolute Gasteiger partial charge is 0.319 e. The van der Waals surface area contributed by atoms with Gasteiger partial charge in [-0.05, 0) is 12.1 Å². The fourth-order valence-electron chi connectivity index (χ4n) is 1.81. The minimum atomic E-state index is -0.968. The van der Waals surface area contributed by atoms with Crippen LogP contribution in [0.3, 0.4) is 0 Å². The molecule has 0 aliphatic heterocycles. The third-order valence-corrected chi connectivity index (χ3v) is 4.43. The second-order valence-corrected chi connectivity index (χ2v) is 5.85. The number of aliphatic carboxylic acids is 1. The number of aromatic nitrogens is 2. The summed E-state index contributed by atoms with van der Waals surface area (Å²) in [6, 6.07) is 7.57. The molecule has 0 bridgehead atoms. The van der Waals surface area contributed by atoms with Gasteiger partial charge in [0.25, 0.3) is 0 Å². The normalized spacial score (nSPS) is 12.6. The predicted molar refractivity (Wildman–Crippen MR) is 75.6 cm³/mol. The molecule has 3 N–H and O–H groups in total. The average molecular weight is 291 g/mol. The molecular weight excluding hydrogens is 282 g/mol. The van der Waals surface area contributed by atoms with E-state index in [-0.39, 0.29) is 0 Å². The lowest BCUT2D eigenvalue weighted by Gasteiger charge is -2.05. The highest BCUT2D eigenvalue weighted by Crippen LogP contribution is 2.32. The number of carboxylic acid groups (broad SMARTS) is 1. The van der Waals surface area contributed by atoms with Crippen LogP contribution in [0.15, 0.2) is 29.6 Å². The summed E-state index contributed by atoms with van der Waals surface area (Å²) < 4.78 is 0.965. The number of rotatable bonds is 3. The summed E-state index contributed by atoms with van der Waals surface area (Å²) in [5.74, 6) is -1.82. The number of carboxylic acids is 1. The molecule has 0 saturated carbocycles. The number of fused-ring (bicyclic) bond motifs is 1. The van der Waals surface area contributed by atoms with Crippen LogP contribution in [0, 0.1) is 0 Å². The molecule has 2 heterocycles. The van der Waals surface area contributed by atoms with Gasteiger partial charge in [0.2, 0.25) is 0 Å². The molecule has 7 heteroatoms. The molecule has 0 radical (unpaired) electrons. The van der Waals surface area contributed by atoms with E-state index in [1.54, 1.807) is 5.38 Å². The van der Waals surface area contributed by atoms with Crippen molar-refractivity contribution in [3.05, 3.63) is 40.3 Å². The van der Waals surface area contributed by atoms with Gasteiger partial charge in [0.05, 0.1) is 15.9 Å². The van der Waals surface area contributed by atoms with Crippen LogP contribution in [0.1, 0.15) is 16.6 Å². The molecule has 5 nitrogen and oxygen atoms in total. The summed E-state index contributed by atoms with van der Waals surface area (Å²) in [6.07, 6.45) is 0. The van der Waals surface area contributed by atoms with E-state index in [1.165, 1.54) is 22.7 Å². The average Bonchev–Trinajstić information content (AvgIpc) is 2.95. The largest absolute Gasteiger partial charge is 0.480 e. The molecular formula is C12H9N3O2S2. The van der Waals surface area contributed by atoms with E-state index in [0.717, 1.165) is 10.2 Å². The van der Waals surface area contributed by atoms with E-state index >= 15 is 0 Å². The molecule has 2 aromatic heterocycles. The molecule has 19 heavy (non-hydrogen) atoms. The molecule has 96 valence electrons. The van der Waals surface area contributed by atoms with Crippen LogP contribution in [0.2, 0.25) is 0 Å². The standard InChI is InChI=1S/C12H9N3O2S2/c13-12-15-7(5-18-12)9(11(16)17)10-14-6-3-1-2-4-8(6)19-10/h1-5,9H,(H2,13,15)(H,16,17). The number of nitrogen functional groups attached to an aromatic ring is 1. The van der Waals surface area contributed by atoms with E-state index in [0.29, 0.717) is 15.8 Å². The summed E-state index contributed by atoms with van der Waals surface area (Å²) >= 11 is 2.60. The SMILES string of the molecule is Nc1nc(C(C(=O)O)c2nc3ccccc3s2)cs1. The Kier molecular flexibility index (Phi) is 2.92. The van der Waals surface area contributed by atoms with Gasteiger partial charge in [-0.25, -0.2) is 9.97 Å². The zero-order valence-corrected chi connectivity index (χ0v) is 11.2. The number of benzene rings is 1. The van der Waals surface area contributed by atoms with Crippen molar-refractivity contribution in [2.45, 2.75) is 5.92 Å². The highest BCUT2D eigenvalue weighted by molar-refractivity contribution is 7.18. The van der Waals surface area contributed by atoms with Crippen molar-refractivity contribution in [2.75, 3.05) is 5.73 Å². The third kappa shape index (κ3) is 2.18. The first-order chi connectivity index (χ1) is 9.15. The molecule has 1 aromatic carbocycles. The van der Waals surface area contributed by atoms with Gasteiger partial charge in [-0.2, -0.15) is 0 Å². The number of anilines is 1. The summed E-state index contributed by atoms with van der Waals surface area (Å²) in [5, 5.41) is 12.0. The Balaban J connectivity index is 2.12. The fourth-order valence-corrected chi connectivity index (χ4v) is 3.47. The number of nitrogens with two attached hydrogens (primary N) is 1. The molecule has 0 saturated heterocycles. The maximum absolute atomic E-state index is 11.5. The number of hydrogen-bond donors (Lipinski definition) is 2. The van der Waals surface area contributed by atoms with Gasteiger partial charge in [-0.1, -0.05) is 12.1 Å². The predicted octanol–water partition coefficient (Wildman–Crippen LogP) is 2.55. The van der Waals surface area contributed by atoms with Crippen molar-refractivity contribution < 1.29 is 9.90 Å². The number of nitrogens with zero attached hydrogens (tertiary/aromatic N) is 2. The van der Waals surface area contributed by atoms with Crippen LogP contribution < -0.4 is 5.73 Å². The first kappa shape index (κ1) is 12.1. The van der Waals surface area contributed by atoms with Gasteiger partial charge < -0.3 is 10.8 Å². The number of hydrogen-bond acceptors (Lipinski definition) is 6. The van der Waals surface area contributed by atoms with Crippen molar-refractivity contribution in [2.24, 2.45) is 0 Å². The van der Waals surface area contributed by atoms with Gasteiger partial charge in [-0.15, -0.1) is 22.7 Å². The van der Waals surface area contributed by atoms with Crippen molar-refractivity contribution in [1.29, 1.82) is 0 Å². The molecule has 1 atom stereocenters. The molecule has 3 rings (SSSR count). The molecule has 0 amide bonds. The van der Waals surface area contributed by atoms with E-state index in [4.69, 9.17) is 5.73 Å². The Bertz CT molecular complexity index is 717. The molecule has 0 aliphatic carbocycles. The minimum Gasteiger partial charge on any atom is -0.480 e. The van der Waals surface area contributed by atoms with Gasteiger partial charge in [0.1, 0.15) is 5.01 Å². The summed E-state index contributed by atoms with van der Waals surface area (Å²) in [4.78, 5) is 19.9. The van der Waals surface area contributed by atoms with Crippen molar-refractivity contribution >= 4 is 44.0 Å². The number of para-hydroxylation sites is 1. The van der Waals surface area contributed by atoms with Crippen LogP contribution in [-0.4, -0.2) is 21.0 Å². The minimum absolute atomic E-state index is 0.363. The maximum atomic E-state index is 11.5. The lowest BCUT2D eigenvalue weighted by Crippen LogP contribution is -2.13. The van der Waals surface area contributed by atoms with Gasteiger partial charge in [-0.3, -0.25) is 4.79 Å². The van der Waals surface area contributed by atoms with Gasteiger partial charge in [0, 0.05) is 5.38 Å². The van der Waals surface area contributed by atoms with Crippen LogP contribution in [-0.2, 0) is 4.79 Å². The summed E-state index contributed by atoms with van der Waals surface area (Å²) in [7, 11) is 0. The van der Waals surface area contributed by atoms with Crippen LogP contribution in [0.5, 0.6) is 0 Å². The summed E-state index contributed by atoms with van der Waals surface area (Å²) in [5.41, 5.74) is 6.81. The van der Waals surface area contributed by atoms with Gasteiger partial charge >= 0.3 is 5.97 Å². The first-order valence-corrected chi connectivity index (χ1v) is 7.14. The third-order valence-electron chi connectivity index (χ3n) is 2.64. The Labute approximate surface area is 116 Å². The van der Waals surface area contributed by atoms with Crippen molar-refractivity contribution in [3.63, 3.8) is 0 Å². The van der Waals surface area contributed by atoms with Crippen molar-refractivity contribution in [1.82, 2.24) is 9.97 Å². The number of carbonyl (C=O) groups is 1. The van der Waals surface area contributed by atoms with E-state index < -0.39 is 11.9 Å². The molecule has 1 unspecified atom stereocenters. The zero-order chi connectivity index (χ0) is 13.4. The molecule has 0 fully saturated rings. The molecule has 3 aromatic rings. The van der Waals surface area contributed by atoms with Crippen LogP contribution in [0.25, 0.3) is 10.2 Å². The maximum Gasteiger partial charge on any atom is 0.319 e. The first-order valence-electron chi connectivity index (χ1n) is 5.44. The Morgan fingerprint density at radius 1 is 1.32 bits per heavy atom. The second-order valence-electron chi connectivity index (χ2n) is 3.90. The fraction of sp³-hybridized carbons (Fsp3) is 0.0833. The van der Waals surface area contributed by atoms with Crippen LogP contribution in [0.4, 0.5) is 5.13 Å². The lowest BCUT2D eigenvalue weighted by atomic mass is 10.1. The highest BCUT2D eigenvalue weighted by atomic mass is 32.1. The number of thiazole rings is 2. The zero-order valence-electron chi connectivity index (χ0n) is 9.61. The van der Waals surface area contributed by atoms with E-state index in [1.807, 2.05) is 24.3 Å². The topological polar surface area (TPSA) is 89.1 Å². The van der Waals surface area contributed by atoms with Crippen molar-refractivity contribution in [3.8, 4) is 0 Å². The Morgan fingerprint density at radius 2 is 2.11 bits per heavy atom. The lowest BCUT2D eigenvalue weighted by molar-refractivity contribution is -0.137. The van der Waals surface area contributed by atoms with E-state index in [9.17, 15) is 9.90 Å². The van der Waals surface area contributed by atoms with E-state index in [2.05, 4.69) is 9.97 Å². The molecule has 0 aliphatic rings. The Hall–Kier alpha value is -1.99. The quantitative estimate of drug-likeness (QED) is 0.774. The highest BCUT2D eigenvalue weighted by Gasteiger charge is 2.28. The molecule has 0 spiro atoms. The second kappa shape index (κ2) is 4.60. The van der Waals surface area contributed by atoms with Crippen LogP contribution >= 0.6 is 22.7 Å². The summed E-state index contributed by atoms with van der Waals surface area (Å²) in [6.45, 7) is 0. The monoisotopic (exact) mass is 291 g/mol. The van der Waals surface area contributed by atoms with Gasteiger partial charge in [0.15, 0.2) is 11.0 Å².